The van der Waals surface area contributed by atoms with Crippen molar-refractivity contribution in [3.63, 3.8) is 0 Å². The minimum atomic E-state index is 0.916. The fourth-order valence-electron chi connectivity index (χ4n) is 0.994. The van der Waals surface area contributed by atoms with E-state index >= 15 is 0 Å². The minimum absolute atomic E-state index is 0.916. The van der Waals surface area contributed by atoms with Crippen LogP contribution in [0.4, 0.5) is 0 Å². The molecule has 0 radical (unpaired) electrons. The zero-order valence-electron chi connectivity index (χ0n) is 6.02. The first kappa shape index (κ1) is 6.66. The van der Waals surface area contributed by atoms with E-state index in [-0.39, 0.29) is 0 Å². The molecule has 0 spiro atoms. The highest BCUT2D eigenvalue weighted by molar-refractivity contribution is 4.97. The Morgan fingerprint density at radius 3 is 3.11 bits per heavy atom. The lowest BCUT2D eigenvalue weighted by molar-refractivity contribution is 0.232. The quantitative estimate of drug-likeness (QED) is 0.564. The lowest BCUT2D eigenvalue weighted by Crippen LogP contribution is -1.84. The van der Waals surface area contributed by atoms with E-state index in [9.17, 15) is 0 Å². The van der Waals surface area contributed by atoms with Crippen molar-refractivity contribution in [1.29, 1.82) is 0 Å². The van der Waals surface area contributed by atoms with Crippen molar-refractivity contribution in [2.24, 2.45) is 0 Å². The molecule has 0 aromatic heterocycles. The third-order valence-corrected chi connectivity index (χ3v) is 1.55. The maximum absolute atomic E-state index is 5.32. The topological polar surface area (TPSA) is 9.23 Å². The monoisotopic (exact) mass is 126 g/mol. The molecule has 0 unspecified atom stereocenters. The van der Waals surface area contributed by atoms with Crippen LogP contribution in [0.1, 0.15) is 32.6 Å². The van der Waals surface area contributed by atoms with Gasteiger partial charge in [-0.2, -0.15) is 0 Å². The highest BCUT2D eigenvalue weighted by Gasteiger charge is 2.02. The van der Waals surface area contributed by atoms with E-state index < -0.39 is 0 Å². The molecule has 52 valence electrons. The van der Waals surface area contributed by atoms with E-state index in [1.165, 1.54) is 18.6 Å². The largest absolute Gasteiger partial charge is 0.498 e. The van der Waals surface area contributed by atoms with Crippen molar-refractivity contribution in [2.45, 2.75) is 32.6 Å². The normalized spacial score (nSPS) is 17.2. The van der Waals surface area contributed by atoms with E-state index in [2.05, 4.69) is 13.0 Å². The van der Waals surface area contributed by atoms with Crippen molar-refractivity contribution in [2.75, 3.05) is 6.61 Å². The summed E-state index contributed by atoms with van der Waals surface area (Å²) in [4.78, 5) is 0. The average Bonchev–Trinajstić information content (AvgIpc) is 2.34. The molecule has 0 amide bonds. The van der Waals surface area contributed by atoms with Gasteiger partial charge in [-0.1, -0.05) is 13.3 Å². The van der Waals surface area contributed by atoms with Gasteiger partial charge in [-0.3, -0.25) is 0 Å². The van der Waals surface area contributed by atoms with Gasteiger partial charge in [0.25, 0.3) is 0 Å². The summed E-state index contributed by atoms with van der Waals surface area (Å²) < 4.78 is 5.32. The smallest absolute Gasteiger partial charge is 0.0921 e. The Bertz CT molecular complexity index is 105. The standard InChI is InChI=1S/C8H14O/c1-2-3-5-8-6-4-7-9-8/h6H,2-5,7H2,1H3. The van der Waals surface area contributed by atoms with Crippen molar-refractivity contribution >= 4 is 0 Å². The van der Waals surface area contributed by atoms with E-state index in [0.717, 1.165) is 19.4 Å². The van der Waals surface area contributed by atoms with E-state index in [1.807, 2.05) is 0 Å². The fraction of sp³-hybridized carbons (Fsp3) is 0.750. The lowest BCUT2D eigenvalue weighted by atomic mass is 10.2. The maximum Gasteiger partial charge on any atom is 0.0921 e. The summed E-state index contributed by atoms with van der Waals surface area (Å²) >= 11 is 0. The van der Waals surface area contributed by atoms with Crippen LogP contribution in [0.15, 0.2) is 11.8 Å². The van der Waals surface area contributed by atoms with Gasteiger partial charge in [0.2, 0.25) is 0 Å². The second-order valence-electron chi connectivity index (χ2n) is 2.41. The maximum atomic E-state index is 5.32. The number of unbranched alkanes of at least 4 members (excludes halogenated alkanes) is 1. The number of ether oxygens (including phenoxy) is 1. The third-order valence-electron chi connectivity index (χ3n) is 1.55. The fourth-order valence-corrected chi connectivity index (χ4v) is 0.994. The Morgan fingerprint density at radius 1 is 1.67 bits per heavy atom. The van der Waals surface area contributed by atoms with Gasteiger partial charge in [0.05, 0.1) is 12.4 Å². The van der Waals surface area contributed by atoms with Gasteiger partial charge in [0, 0.05) is 12.8 Å². The second-order valence-corrected chi connectivity index (χ2v) is 2.41. The molecule has 0 aromatic carbocycles. The van der Waals surface area contributed by atoms with Crippen LogP contribution in [-0.4, -0.2) is 6.61 Å². The number of hydrogen-bond donors (Lipinski definition) is 0. The van der Waals surface area contributed by atoms with Gasteiger partial charge < -0.3 is 4.74 Å². The summed E-state index contributed by atoms with van der Waals surface area (Å²) in [7, 11) is 0. The van der Waals surface area contributed by atoms with Crippen LogP contribution in [0.5, 0.6) is 0 Å². The Labute approximate surface area is 56.7 Å². The third kappa shape index (κ3) is 2.08. The molecule has 1 heterocycles. The molecule has 0 fully saturated rings. The summed E-state index contributed by atoms with van der Waals surface area (Å²) in [6, 6.07) is 0. The molecule has 1 rings (SSSR count). The van der Waals surface area contributed by atoms with Gasteiger partial charge in [-0.25, -0.2) is 0 Å². The first-order chi connectivity index (χ1) is 4.43. The summed E-state index contributed by atoms with van der Waals surface area (Å²) in [6.07, 6.45) is 7.01. The summed E-state index contributed by atoms with van der Waals surface area (Å²) in [6.45, 7) is 3.12. The van der Waals surface area contributed by atoms with Crippen molar-refractivity contribution < 1.29 is 4.74 Å². The summed E-state index contributed by atoms with van der Waals surface area (Å²) in [5.74, 6) is 1.22. The number of hydrogen-bond acceptors (Lipinski definition) is 1. The zero-order chi connectivity index (χ0) is 6.53. The van der Waals surface area contributed by atoms with E-state index in [0.29, 0.717) is 0 Å². The van der Waals surface area contributed by atoms with E-state index in [1.54, 1.807) is 0 Å². The second kappa shape index (κ2) is 3.54. The van der Waals surface area contributed by atoms with Crippen LogP contribution < -0.4 is 0 Å². The van der Waals surface area contributed by atoms with Crippen LogP contribution in [0.3, 0.4) is 0 Å². The summed E-state index contributed by atoms with van der Waals surface area (Å²) in [5, 5.41) is 0. The molecule has 0 aromatic rings. The molecular weight excluding hydrogens is 112 g/mol. The Balaban J connectivity index is 2.11. The molecule has 1 aliphatic heterocycles. The van der Waals surface area contributed by atoms with Gasteiger partial charge >= 0.3 is 0 Å². The lowest BCUT2D eigenvalue weighted by Gasteiger charge is -1.99. The molecule has 1 aliphatic rings. The zero-order valence-corrected chi connectivity index (χ0v) is 6.02. The first-order valence-corrected chi connectivity index (χ1v) is 3.75. The summed E-state index contributed by atoms with van der Waals surface area (Å²) in [5.41, 5.74) is 0. The number of rotatable bonds is 3. The minimum Gasteiger partial charge on any atom is -0.498 e. The molecule has 0 saturated carbocycles. The molecule has 1 heteroatoms. The molecule has 0 aliphatic carbocycles. The molecule has 0 saturated heterocycles. The van der Waals surface area contributed by atoms with Crippen molar-refractivity contribution in [1.82, 2.24) is 0 Å². The number of allylic oxidation sites excluding steroid dienone is 1. The average molecular weight is 126 g/mol. The van der Waals surface area contributed by atoms with Crippen molar-refractivity contribution in [3.8, 4) is 0 Å². The van der Waals surface area contributed by atoms with Gasteiger partial charge in [0.15, 0.2) is 0 Å². The predicted octanol–water partition coefficient (Wildman–Crippen LogP) is 2.48. The Morgan fingerprint density at radius 2 is 2.56 bits per heavy atom. The molecular formula is C8H14O. The highest BCUT2D eigenvalue weighted by atomic mass is 16.5. The Kier molecular flexibility index (Phi) is 2.62. The van der Waals surface area contributed by atoms with Crippen LogP contribution >= 0.6 is 0 Å². The van der Waals surface area contributed by atoms with Gasteiger partial charge in [-0.05, 0) is 12.5 Å². The molecule has 1 nitrogen and oxygen atoms in total. The van der Waals surface area contributed by atoms with Crippen LogP contribution in [0.25, 0.3) is 0 Å². The molecule has 0 bridgehead atoms. The van der Waals surface area contributed by atoms with Crippen LogP contribution in [-0.2, 0) is 4.74 Å². The Hall–Kier alpha value is -0.460. The van der Waals surface area contributed by atoms with Crippen LogP contribution in [0.2, 0.25) is 0 Å². The van der Waals surface area contributed by atoms with Crippen molar-refractivity contribution in [3.05, 3.63) is 11.8 Å². The molecule has 9 heavy (non-hydrogen) atoms. The van der Waals surface area contributed by atoms with Gasteiger partial charge in [0.1, 0.15) is 0 Å². The predicted molar refractivity (Wildman–Crippen MR) is 38.2 cm³/mol. The van der Waals surface area contributed by atoms with Gasteiger partial charge in [-0.15, -0.1) is 0 Å². The molecule has 0 atom stereocenters. The van der Waals surface area contributed by atoms with Crippen LogP contribution in [0, 0.1) is 0 Å². The van der Waals surface area contributed by atoms with E-state index in [4.69, 9.17) is 4.74 Å². The SMILES string of the molecule is CCCCC1=CCCO1. The highest BCUT2D eigenvalue weighted by Crippen LogP contribution is 2.15. The first-order valence-electron chi connectivity index (χ1n) is 3.75. The molecule has 0 N–H and O–H groups in total.